The first-order valence-electron chi connectivity index (χ1n) is 5.77. The molecule has 88 valence electrons. The highest BCUT2D eigenvalue weighted by Crippen LogP contribution is 2.18. The second-order valence-corrected chi connectivity index (χ2v) is 4.90. The maximum atomic E-state index is 5.39. The molecule has 0 aliphatic heterocycles. The minimum absolute atomic E-state index is 0.0887. The fraction of sp³-hybridized carbons (Fsp3) is 0.500. The summed E-state index contributed by atoms with van der Waals surface area (Å²) in [6, 6.07) is 10.1. The first-order valence-corrected chi connectivity index (χ1v) is 5.77. The molecule has 0 fully saturated rings. The molecule has 0 heterocycles. The van der Waals surface area contributed by atoms with Gasteiger partial charge in [0.25, 0.3) is 0 Å². The van der Waals surface area contributed by atoms with Gasteiger partial charge in [-0.3, -0.25) is 0 Å². The average Bonchev–Trinajstić information content (AvgIpc) is 2.24. The Morgan fingerprint density at radius 3 is 2.31 bits per heavy atom. The molecule has 0 spiro atoms. The van der Waals surface area contributed by atoms with Crippen molar-refractivity contribution in [2.75, 3.05) is 0 Å². The molecule has 0 aromatic heterocycles. The number of hydrogen-bond donors (Lipinski definition) is 0. The maximum absolute atomic E-state index is 5.39. The van der Waals surface area contributed by atoms with Crippen molar-refractivity contribution < 1.29 is 4.84 Å². The Morgan fingerprint density at radius 2 is 1.81 bits per heavy atom. The molecular weight excluding hydrogens is 198 g/mol. The molecule has 2 nitrogen and oxygen atoms in total. The molecule has 0 bridgehead atoms. The zero-order valence-corrected chi connectivity index (χ0v) is 10.7. The maximum Gasteiger partial charge on any atom is 0.142 e. The Balaban J connectivity index is 2.53. The highest BCUT2D eigenvalue weighted by Gasteiger charge is 2.17. The Labute approximate surface area is 98.3 Å². The van der Waals surface area contributed by atoms with Gasteiger partial charge in [-0.15, -0.1) is 0 Å². The summed E-state index contributed by atoms with van der Waals surface area (Å²) in [6.07, 6.45) is 0.929. The fourth-order valence-electron chi connectivity index (χ4n) is 1.49. The zero-order valence-electron chi connectivity index (χ0n) is 10.7. The van der Waals surface area contributed by atoms with Crippen LogP contribution >= 0.6 is 0 Å². The topological polar surface area (TPSA) is 21.6 Å². The number of rotatable bonds is 4. The van der Waals surface area contributed by atoms with Crippen molar-refractivity contribution in [3.05, 3.63) is 35.9 Å². The lowest BCUT2D eigenvalue weighted by Gasteiger charge is -2.19. The van der Waals surface area contributed by atoms with E-state index in [1.165, 1.54) is 0 Å². The fourth-order valence-corrected chi connectivity index (χ4v) is 1.49. The van der Waals surface area contributed by atoms with Crippen LogP contribution in [-0.2, 0) is 11.4 Å². The number of benzene rings is 1. The molecule has 1 aromatic rings. The van der Waals surface area contributed by atoms with Gasteiger partial charge < -0.3 is 4.84 Å². The molecule has 0 saturated heterocycles. The van der Waals surface area contributed by atoms with Gasteiger partial charge in [-0.2, -0.15) is 0 Å². The van der Waals surface area contributed by atoms with E-state index in [9.17, 15) is 0 Å². The second-order valence-electron chi connectivity index (χ2n) is 4.90. The molecule has 1 rings (SSSR count). The largest absolute Gasteiger partial charge is 0.391 e. The molecule has 1 aromatic carbocycles. The average molecular weight is 219 g/mol. The molecule has 0 aliphatic rings. The monoisotopic (exact) mass is 219 g/mol. The summed E-state index contributed by atoms with van der Waals surface area (Å²) >= 11 is 0. The van der Waals surface area contributed by atoms with Gasteiger partial charge >= 0.3 is 0 Å². The van der Waals surface area contributed by atoms with Gasteiger partial charge in [0.05, 0.1) is 5.71 Å². The van der Waals surface area contributed by atoms with Crippen LogP contribution in [-0.4, -0.2) is 5.71 Å². The van der Waals surface area contributed by atoms with E-state index in [0.717, 1.165) is 17.7 Å². The Bertz CT molecular complexity index is 336. The minimum atomic E-state index is 0.0887. The third-order valence-corrected chi connectivity index (χ3v) is 2.45. The highest BCUT2D eigenvalue weighted by atomic mass is 16.6. The molecule has 0 aliphatic carbocycles. The summed E-state index contributed by atoms with van der Waals surface area (Å²) in [5.41, 5.74) is 2.34. The SMILES string of the molecule is CC/C(=N/OCc1ccccc1)C(C)(C)C. The van der Waals surface area contributed by atoms with Crippen LogP contribution < -0.4 is 0 Å². The van der Waals surface area contributed by atoms with Crippen molar-refractivity contribution in [2.45, 2.75) is 40.7 Å². The van der Waals surface area contributed by atoms with Crippen LogP contribution in [0.2, 0.25) is 0 Å². The molecule has 0 atom stereocenters. The third-order valence-electron chi connectivity index (χ3n) is 2.45. The first kappa shape index (κ1) is 12.8. The molecule has 0 unspecified atom stereocenters. The van der Waals surface area contributed by atoms with Gasteiger partial charge in [-0.05, 0) is 12.0 Å². The molecule has 0 amide bonds. The van der Waals surface area contributed by atoms with E-state index in [1.807, 2.05) is 30.3 Å². The number of hydrogen-bond acceptors (Lipinski definition) is 2. The van der Waals surface area contributed by atoms with Crippen LogP contribution in [0.3, 0.4) is 0 Å². The smallest absolute Gasteiger partial charge is 0.142 e. The van der Waals surface area contributed by atoms with Crippen molar-refractivity contribution in [1.82, 2.24) is 0 Å². The number of oxime groups is 1. The van der Waals surface area contributed by atoms with Crippen LogP contribution in [0.4, 0.5) is 0 Å². The summed E-state index contributed by atoms with van der Waals surface area (Å²) in [6.45, 7) is 9.11. The van der Waals surface area contributed by atoms with Crippen LogP contribution in [0, 0.1) is 5.41 Å². The van der Waals surface area contributed by atoms with E-state index < -0.39 is 0 Å². The molecule has 2 heteroatoms. The first-order chi connectivity index (χ1) is 7.54. The van der Waals surface area contributed by atoms with Gasteiger partial charge in [0.2, 0.25) is 0 Å². The Hall–Kier alpha value is -1.31. The summed E-state index contributed by atoms with van der Waals surface area (Å²) in [4.78, 5) is 5.39. The highest BCUT2D eigenvalue weighted by molar-refractivity contribution is 5.88. The predicted octanol–water partition coefficient (Wildman–Crippen LogP) is 4.02. The van der Waals surface area contributed by atoms with E-state index in [2.05, 4.69) is 32.9 Å². The summed E-state index contributed by atoms with van der Waals surface area (Å²) in [5, 5.41) is 4.23. The van der Waals surface area contributed by atoms with Gasteiger partial charge in [-0.1, -0.05) is 63.2 Å². The van der Waals surface area contributed by atoms with E-state index in [-0.39, 0.29) is 5.41 Å². The molecular formula is C14H21NO. The van der Waals surface area contributed by atoms with E-state index in [0.29, 0.717) is 6.61 Å². The van der Waals surface area contributed by atoms with Crippen molar-refractivity contribution in [3.63, 3.8) is 0 Å². The lowest BCUT2D eigenvalue weighted by molar-refractivity contribution is 0.127. The van der Waals surface area contributed by atoms with Crippen molar-refractivity contribution in [2.24, 2.45) is 10.6 Å². The van der Waals surface area contributed by atoms with Crippen LogP contribution in [0.5, 0.6) is 0 Å². The third kappa shape index (κ3) is 4.05. The van der Waals surface area contributed by atoms with Gasteiger partial charge in [0, 0.05) is 5.41 Å². The molecule has 16 heavy (non-hydrogen) atoms. The van der Waals surface area contributed by atoms with Crippen LogP contribution in [0.15, 0.2) is 35.5 Å². The van der Waals surface area contributed by atoms with E-state index in [4.69, 9.17) is 4.84 Å². The lowest BCUT2D eigenvalue weighted by atomic mass is 9.89. The lowest BCUT2D eigenvalue weighted by Crippen LogP contribution is -2.19. The van der Waals surface area contributed by atoms with Gasteiger partial charge in [-0.25, -0.2) is 0 Å². The molecule has 0 saturated carbocycles. The van der Waals surface area contributed by atoms with Gasteiger partial charge in [0.15, 0.2) is 0 Å². The van der Waals surface area contributed by atoms with Crippen molar-refractivity contribution in [1.29, 1.82) is 0 Å². The Morgan fingerprint density at radius 1 is 1.19 bits per heavy atom. The number of nitrogens with zero attached hydrogens (tertiary/aromatic N) is 1. The standard InChI is InChI=1S/C14H21NO/c1-5-13(14(2,3)4)15-16-11-12-9-7-6-8-10-12/h6-10H,5,11H2,1-4H3/b15-13-. The molecule has 0 N–H and O–H groups in total. The van der Waals surface area contributed by atoms with E-state index >= 15 is 0 Å². The minimum Gasteiger partial charge on any atom is -0.391 e. The van der Waals surface area contributed by atoms with Crippen LogP contribution in [0.1, 0.15) is 39.7 Å². The predicted molar refractivity (Wildman–Crippen MR) is 68.4 cm³/mol. The summed E-state index contributed by atoms with van der Waals surface area (Å²) in [7, 11) is 0. The summed E-state index contributed by atoms with van der Waals surface area (Å²) in [5.74, 6) is 0. The molecule has 0 radical (unpaired) electrons. The zero-order chi connectivity index (χ0) is 12.0. The van der Waals surface area contributed by atoms with Gasteiger partial charge in [0.1, 0.15) is 6.61 Å². The van der Waals surface area contributed by atoms with Crippen LogP contribution in [0.25, 0.3) is 0 Å². The Kier molecular flexibility index (Phi) is 4.53. The van der Waals surface area contributed by atoms with Crippen molar-refractivity contribution in [3.8, 4) is 0 Å². The van der Waals surface area contributed by atoms with E-state index in [1.54, 1.807) is 0 Å². The normalized spacial score (nSPS) is 12.6. The van der Waals surface area contributed by atoms with Crippen molar-refractivity contribution >= 4 is 5.71 Å². The summed E-state index contributed by atoms with van der Waals surface area (Å²) < 4.78 is 0. The second kappa shape index (κ2) is 5.69. The quantitative estimate of drug-likeness (QED) is 0.553.